The van der Waals surface area contributed by atoms with E-state index < -0.39 is 6.10 Å². The van der Waals surface area contributed by atoms with Crippen LogP contribution in [0.2, 0.25) is 0 Å². The van der Waals surface area contributed by atoms with Gasteiger partial charge in [-0.25, -0.2) is 0 Å². The summed E-state index contributed by atoms with van der Waals surface area (Å²) in [5, 5.41) is 10.5. The number of β-amino-alcohol motifs (C(OH)–C–C–N with tert-alkyl or cyclic N) is 1. The molecule has 1 saturated heterocycles. The van der Waals surface area contributed by atoms with Gasteiger partial charge in [0.05, 0.1) is 18.6 Å². The summed E-state index contributed by atoms with van der Waals surface area (Å²) in [7, 11) is 0. The zero-order chi connectivity index (χ0) is 16.1. The van der Waals surface area contributed by atoms with Gasteiger partial charge in [0.15, 0.2) is 0 Å². The number of carbonyl (C=O) groups is 1. The first-order valence-corrected chi connectivity index (χ1v) is 8.15. The van der Waals surface area contributed by atoms with Gasteiger partial charge in [0.2, 0.25) is 0 Å². The Labute approximate surface area is 133 Å². The van der Waals surface area contributed by atoms with Gasteiger partial charge in [0.1, 0.15) is 0 Å². The molecule has 1 aromatic carbocycles. The van der Waals surface area contributed by atoms with Crippen molar-refractivity contribution in [3.05, 3.63) is 34.9 Å². The lowest BCUT2D eigenvalue weighted by atomic mass is 9.95. The molecular weight excluding hydrogens is 278 g/mol. The predicted octanol–water partition coefficient (Wildman–Crippen LogP) is 2.61. The molecule has 1 unspecified atom stereocenters. The second-order valence-electron chi connectivity index (χ2n) is 6.20. The maximum absolute atomic E-state index is 11.7. The highest BCUT2D eigenvalue weighted by Crippen LogP contribution is 2.23. The highest BCUT2D eigenvalue weighted by atomic mass is 16.5. The topological polar surface area (TPSA) is 49.8 Å². The van der Waals surface area contributed by atoms with Gasteiger partial charge in [-0.2, -0.15) is 0 Å². The number of carbonyl (C=O) groups excluding carboxylic acids is 1. The van der Waals surface area contributed by atoms with Crippen molar-refractivity contribution >= 4 is 5.97 Å². The summed E-state index contributed by atoms with van der Waals surface area (Å²) in [6.45, 7) is 8.69. The van der Waals surface area contributed by atoms with Crippen LogP contribution in [0.3, 0.4) is 0 Å². The first-order chi connectivity index (χ1) is 10.5. The van der Waals surface area contributed by atoms with Crippen LogP contribution < -0.4 is 0 Å². The van der Waals surface area contributed by atoms with E-state index in [1.165, 1.54) is 5.56 Å². The molecule has 4 nitrogen and oxygen atoms in total. The van der Waals surface area contributed by atoms with E-state index in [-0.39, 0.29) is 11.9 Å². The molecule has 1 aliphatic heterocycles. The number of ether oxygens (including phenoxy) is 1. The second-order valence-corrected chi connectivity index (χ2v) is 6.20. The molecule has 4 heteroatoms. The highest BCUT2D eigenvalue weighted by molar-refractivity contribution is 5.72. The van der Waals surface area contributed by atoms with Gasteiger partial charge in [-0.1, -0.05) is 23.8 Å². The van der Waals surface area contributed by atoms with Crippen LogP contribution in [0, 0.1) is 19.8 Å². The Balaban J connectivity index is 1.86. The highest BCUT2D eigenvalue weighted by Gasteiger charge is 2.27. The number of piperidine rings is 1. The largest absolute Gasteiger partial charge is 0.466 e. The van der Waals surface area contributed by atoms with Crippen molar-refractivity contribution in [1.82, 2.24) is 4.90 Å². The van der Waals surface area contributed by atoms with Gasteiger partial charge in [-0.05, 0) is 57.8 Å². The van der Waals surface area contributed by atoms with Crippen molar-refractivity contribution in [2.45, 2.75) is 39.7 Å². The summed E-state index contributed by atoms with van der Waals surface area (Å²) in [6.07, 6.45) is 1.16. The average Bonchev–Trinajstić information content (AvgIpc) is 2.48. The number of hydrogen-bond acceptors (Lipinski definition) is 4. The zero-order valence-corrected chi connectivity index (χ0v) is 13.8. The molecule has 1 aliphatic rings. The van der Waals surface area contributed by atoms with Gasteiger partial charge >= 0.3 is 5.97 Å². The van der Waals surface area contributed by atoms with E-state index in [1.807, 2.05) is 26.0 Å². The van der Waals surface area contributed by atoms with E-state index in [9.17, 15) is 9.90 Å². The molecule has 0 amide bonds. The summed E-state index contributed by atoms with van der Waals surface area (Å²) in [5.74, 6) is -0.0495. The number of nitrogens with zero attached hydrogens (tertiary/aromatic N) is 1. The lowest BCUT2D eigenvalue weighted by Gasteiger charge is -2.32. The second kappa shape index (κ2) is 7.75. The molecule has 0 bridgehead atoms. The number of rotatable bonds is 5. The predicted molar refractivity (Wildman–Crippen MR) is 86.7 cm³/mol. The van der Waals surface area contributed by atoms with Crippen molar-refractivity contribution in [3.63, 3.8) is 0 Å². The van der Waals surface area contributed by atoms with Crippen LogP contribution in [-0.2, 0) is 9.53 Å². The first-order valence-electron chi connectivity index (χ1n) is 8.15. The Morgan fingerprint density at radius 1 is 1.36 bits per heavy atom. The molecule has 0 spiro atoms. The fourth-order valence-corrected chi connectivity index (χ4v) is 3.15. The quantitative estimate of drug-likeness (QED) is 0.850. The van der Waals surface area contributed by atoms with Crippen LogP contribution >= 0.6 is 0 Å². The molecular formula is C18H27NO3. The van der Waals surface area contributed by atoms with Gasteiger partial charge < -0.3 is 14.7 Å². The Morgan fingerprint density at radius 2 is 2.05 bits per heavy atom. The molecule has 0 saturated carbocycles. The number of aryl methyl sites for hydroxylation is 2. The third kappa shape index (κ3) is 4.31. The van der Waals surface area contributed by atoms with E-state index in [1.54, 1.807) is 0 Å². The van der Waals surface area contributed by atoms with Crippen LogP contribution in [0.25, 0.3) is 0 Å². The molecule has 1 aromatic rings. The normalized spacial score (nSPS) is 18.2. The van der Waals surface area contributed by atoms with E-state index >= 15 is 0 Å². The molecule has 1 N–H and O–H groups in total. The fraction of sp³-hybridized carbons (Fsp3) is 0.611. The van der Waals surface area contributed by atoms with Crippen LogP contribution in [0.15, 0.2) is 18.2 Å². The Bertz CT molecular complexity index is 507. The third-order valence-corrected chi connectivity index (χ3v) is 4.42. The molecule has 1 atom stereocenters. The summed E-state index contributed by atoms with van der Waals surface area (Å²) in [5.41, 5.74) is 3.34. The van der Waals surface area contributed by atoms with Crippen LogP contribution in [0.5, 0.6) is 0 Å². The summed E-state index contributed by atoms with van der Waals surface area (Å²) in [6, 6.07) is 6.16. The Morgan fingerprint density at radius 3 is 2.64 bits per heavy atom. The van der Waals surface area contributed by atoms with Gasteiger partial charge in [-0.15, -0.1) is 0 Å². The van der Waals surface area contributed by atoms with E-state index in [4.69, 9.17) is 4.74 Å². The van der Waals surface area contributed by atoms with Crippen LogP contribution in [0.1, 0.15) is 42.6 Å². The van der Waals surface area contributed by atoms with Crippen LogP contribution in [-0.4, -0.2) is 42.2 Å². The molecule has 1 fully saturated rings. The molecule has 1 heterocycles. The molecule has 0 radical (unpaired) electrons. The summed E-state index contributed by atoms with van der Waals surface area (Å²) >= 11 is 0. The molecule has 0 aromatic heterocycles. The van der Waals surface area contributed by atoms with Crippen molar-refractivity contribution in [2.75, 3.05) is 26.2 Å². The van der Waals surface area contributed by atoms with Gasteiger partial charge in [0.25, 0.3) is 0 Å². The minimum Gasteiger partial charge on any atom is -0.466 e. The maximum Gasteiger partial charge on any atom is 0.309 e. The monoisotopic (exact) mass is 305 g/mol. The number of aliphatic hydroxyl groups is 1. The van der Waals surface area contributed by atoms with Crippen molar-refractivity contribution in [2.24, 2.45) is 5.92 Å². The van der Waals surface area contributed by atoms with E-state index in [0.717, 1.165) is 37.1 Å². The van der Waals surface area contributed by atoms with Crippen molar-refractivity contribution in [1.29, 1.82) is 0 Å². The van der Waals surface area contributed by atoms with Gasteiger partial charge in [0, 0.05) is 6.54 Å². The molecule has 2 rings (SSSR count). The lowest BCUT2D eigenvalue weighted by Crippen LogP contribution is -2.39. The Kier molecular flexibility index (Phi) is 5.98. The maximum atomic E-state index is 11.7. The SMILES string of the molecule is CCOC(=O)C1CCN(CC(O)c2ccc(C)cc2C)CC1. The number of likely N-dealkylation sites (tertiary alicyclic amines) is 1. The van der Waals surface area contributed by atoms with Crippen molar-refractivity contribution in [3.8, 4) is 0 Å². The van der Waals surface area contributed by atoms with E-state index in [0.29, 0.717) is 13.2 Å². The average molecular weight is 305 g/mol. The summed E-state index contributed by atoms with van der Waals surface area (Å²) in [4.78, 5) is 14.0. The molecule has 0 aliphatic carbocycles. The smallest absolute Gasteiger partial charge is 0.309 e. The third-order valence-electron chi connectivity index (χ3n) is 4.42. The zero-order valence-electron chi connectivity index (χ0n) is 13.8. The fourth-order valence-electron chi connectivity index (χ4n) is 3.15. The number of aliphatic hydroxyl groups excluding tert-OH is 1. The van der Waals surface area contributed by atoms with Crippen LogP contribution in [0.4, 0.5) is 0 Å². The van der Waals surface area contributed by atoms with Crippen molar-refractivity contribution < 1.29 is 14.6 Å². The minimum absolute atomic E-state index is 0.0226. The number of esters is 1. The van der Waals surface area contributed by atoms with E-state index in [2.05, 4.69) is 17.9 Å². The standard InChI is InChI=1S/C18H27NO3/c1-4-22-18(21)15-7-9-19(10-8-15)12-17(20)16-6-5-13(2)11-14(16)3/h5-6,11,15,17,20H,4,7-10,12H2,1-3H3. The molecule has 22 heavy (non-hydrogen) atoms. The molecule has 122 valence electrons. The first kappa shape index (κ1) is 17.0. The number of benzene rings is 1. The van der Waals surface area contributed by atoms with Gasteiger partial charge in [-0.3, -0.25) is 4.79 Å². The Hall–Kier alpha value is -1.39. The number of hydrogen-bond donors (Lipinski definition) is 1. The summed E-state index contributed by atoms with van der Waals surface area (Å²) < 4.78 is 5.09. The minimum atomic E-state index is -0.472. The lowest BCUT2D eigenvalue weighted by molar-refractivity contribution is -0.149.